The highest BCUT2D eigenvalue weighted by atomic mass is 32.2. The van der Waals surface area contributed by atoms with Gasteiger partial charge in [0.1, 0.15) is 22.0 Å². The number of nitrogens with one attached hydrogen (secondary N) is 1. The van der Waals surface area contributed by atoms with Crippen molar-refractivity contribution in [3.8, 4) is 17.1 Å². The van der Waals surface area contributed by atoms with Crippen molar-refractivity contribution >= 4 is 21.1 Å². The number of rotatable bonds is 13. The minimum atomic E-state index is -3.91. The number of fused-ring (bicyclic) bond motifs is 1. The first-order valence-electron chi connectivity index (χ1n) is 13.9. The highest BCUT2D eigenvalue weighted by molar-refractivity contribution is 7.89. The second-order valence-corrected chi connectivity index (χ2v) is 12.3. The lowest BCUT2D eigenvalue weighted by Gasteiger charge is -2.34. The van der Waals surface area contributed by atoms with Crippen LogP contribution in [0.25, 0.3) is 22.4 Å². The number of aryl methyl sites for hydroxylation is 2. The summed E-state index contributed by atoms with van der Waals surface area (Å²) in [5, 5.41) is 17.8. The SMILES string of the molecule is CCCOc1ccc(S(=O)(=O)N2CCC(C(CO)CO[N+](=O)O)CC2)cc1-c1nc2c(CCC)cn(C)c2c(=O)[nH]1. The van der Waals surface area contributed by atoms with Crippen LogP contribution in [0.3, 0.4) is 0 Å². The third kappa shape index (κ3) is 6.54. The first-order valence-corrected chi connectivity index (χ1v) is 15.3. The van der Waals surface area contributed by atoms with Crippen LogP contribution in [0, 0.1) is 16.7 Å². The molecule has 224 valence electrons. The molecule has 1 fully saturated rings. The lowest BCUT2D eigenvalue weighted by Crippen LogP contribution is -2.41. The molecule has 13 nitrogen and oxygen atoms in total. The average molecular weight is 593 g/mol. The van der Waals surface area contributed by atoms with Crippen LogP contribution in [-0.4, -0.2) is 75.6 Å². The number of piperidine rings is 1. The van der Waals surface area contributed by atoms with Gasteiger partial charge in [0.2, 0.25) is 10.0 Å². The van der Waals surface area contributed by atoms with E-state index in [0.717, 1.165) is 24.8 Å². The Kier molecular flexibility index (Phi) is 9.66. The molecule has 1 aliphatic heterocycles. The molecule has 3 heterocycles. The maximum absolute atomic E-state index is 13.7. The number of H-pyrrole nitrogens is 1. The Morgan fingerprint density at radius 2 is 1.95 bits per heavy atom. The van der Waals surface area contributed by atoms with Crippen LogP contribution < -0.4 is 10.3 Å². The smallest absolute Gasteiger partial charge is 0.475 e. The molecule has 41 heavy (non-hydrogen) atoms. The maximum atomic E-state index is 13.7. The number of ether oxygens (including phenoxy) is 1. The second-order valence-electron chi connectivity index (χ2n) is 10.4. The number of aliphatic hydroxyl groups is 1. The molecule has 1 aliphatic rings. The number of hydrogen-bond donors (Lipinski definition) is 3. The molecule has 0 bridgehead atoms. The molecule has 0 aliphatic carbocycles. The van der Waals surface area contributed by atoms with Gasteiger partial charge < -0.3 is 19.4 Å². The van der Waals surface area contributed by atoms with Gasteiger partial charge in [0, 0.05) is 38.9 Å². The van der Waals surface area contributed by atoms with E-state index in [2.05, 4.69) is 9.82 Å². The summed E-state index contributed by atoms with van der Waals surface area (Å²) >= 11 is 0. The first-order chi connectivity index (χ1) is 19.6. The number of aromatic amines is 1. The summed E-state index contributed by atoms with van der Waals surface area (Å²) in [7, 11) is -2.12. The molecule has 0 amide bonds. The maximum Gasteiger partial charge on any atom is 0.475 e. The van der Waals surface area contributed by atoms with Crippen molar-refractivity contribution < 1.29 is 33.4 Å². The number of aliphatic hydroxyl groups excluding tert-OH is 1. The Morgan fingerprint density at radius 3 is 2.59 bits per heavy atom. The molecule has 3 N–H and O–H groups in total. The van der Waals surface area contributed by atoms with Crippen molar-refractivity contribution in [2.24, 2.45) is 18.9 Å². The fourth-order valence-corrected chi connectivity index (χ4v) is 6.88. The van der Waals surface area contributed by atoms with E-state index in [1.165, 1.54) is 16.4 Å². The molecule has 1 unspecified atom stereocenters. The van der Waals surface area contributed by atoms with Crippen molar-refractivity contribution in [1.82, 2.24) is 18.8 Å². The van der Waals surface area contributed by atoms with Gasteiger partial charge in [-0.2, -0.15) is 9.14 Å². The van der Waals surface area contributed by atoms with Crippen molar-refractivity contribution in [2.45, 2.75) is 50.8 Å². The van der Waals surface area contributed by atoms with E-state index < -0.39 is 21.0 Å². The zero-order valence-electron chi connectivity index (χ0n) is 23.6. The van der Waals surface area contributed by atoms with Gasteiger partial charge in [-0.3, -0.25) is 4.79 Å². The van der Waals surface area contributed by atoms with Crippen molar-refractivity contribution in [3.63, 3.8) is 0 Å². The summed E-state index contributed by atoms with van der Waals surface area (Å²) in [4.78, 5) is 36.0. The summed E-state index contributed by atoms with van der Waals surface area (Å²) in [6.07, 6.45) is 5.15. The van der Waals surface area contributed by atoms with Gasteiger partial charge in [-0.25, -0.2) is 18.6 Å². The largest absolute Gasteiger partial charge is 0.493 e. The van der Waals surface area contributed by atoms with Crippen molar-refractivity contribution in [3.05, 3.63) is 45.2 Å². The standard InChI is InChI=1S/C27H37N5O8S/c1-4-6-19-15-30(3)25-24(19)28-26(29-27(25)34)22-14-21(7-8-23(22)39-13-5-2)41(37,38)31-11-9-18(10-12-31)20(16-33)17-40-32(35)36/h7-8,14-15,18,20,33H,4-6,9-13,16-17H2,1-3H3,(H-,28,29,34,35,36)/p+1. The van der Waals surface area contributed by atoms with Crippen LogP contribution in [-0.2, 0) is 28.3 Å². The average Bonchev–Trinajstić information content (AvgIpc) is 3.27. The molecule has 1 aromatic carbocycles. The lowest BCUT2D eigenvalue weighted by molar-refractivity contribution is -0.976. The highest BCUT2D eigenvalue weighted by Gasteiger charge is 2.34. The quantitative estimate of drug-likeness (QED) is 0.253. The number of hydrogen-bond acceptors (Lipinski definition) is 8. The van der Waals surface area contributed by atoms with E-state index in [1.807, 2.05) is 20.0 Å². The highest BCUT2D eigenvalue weighted by Crippen LogP contribution is 2.34. The third-order valence-corrected chi connectivity index (χ3v) is 9.42. The van der Waals surface area contributed by atoms with E-state index in [4.69, 9.17) is 14.9 Å². The predicted octanol–water partition coefficient (Wildman–Crippen LogP) is 2.78. The molecule has 14 heteroatoms. The Hall–Kier alpha value is -3.49. The fraction of sp³-hybridized carbons (Fsp3) is 0.556. The molecular formula is C27H38N5O8S+. The summed E-state index contributed by atoms with van der Waals surface area (Å²) < 4.78 is 36.5. The normalized spacial score (nSPS) is 15.7. The number of benzene rings is 1. The molecule has 0 spiro atoms. The van der Waals surface area contributed by atoms with Crippen LogP contribution in [0.4, 0.5) is 0 Å². The molecule has 3 aromatic rings. The predicted molar refractivity (Wildman–Crippen MR) is 150 cm³/mol. The van der Waals surface area contributed by atoms with Crippen LogP contribution in [0.1, 0.15) is 45.1 Å². The molecule has 4 rings (SSSR count). The summed E-state index contributed by atoms with van der Waals surface area (Å²) in [5.41, 5.74) is 2.02. The van der Waals surface area contributed by atoms with Crippen molar-refractivity contribution in [2.75, 3.05) is 32.9 Å². The molecular weight excluding hydrogens is 554 g/mol. The number of aromatic nitrogens is 3. The second kappa shape index (κ2) is 13.0. The van der Waals surface area contributed by atoms with Gasteiger partial charge in [-0.05, 0) is 55.4 Å². The van der Waals surface area contributed by atoms with E-state index in [1.54, 1.807) is 17.7 Å². The molecule has 0 radical (unpaired) electrons. The van der Waals surface area contributed by atoms with Gasteiger partial charge in [-0.15, -0.1) is 0 Å². The Morgan fingerprint density at radius 1 is 1.22 bits per heavy atom. The molecule has 0 saturated carbocycles. The van der Waals surface area contributed by atoms with E-state index in [0.29, 0.717) is 41.8 Å². The van der Waals surface area contributed by atoms with Gasteiger partial charge in [0.25, 0.3) is 5.56 Å². The summed E-state index contributed by atoms with van der Waals surface area (Å²) in [6.45, 7) is 4.40. The Balaban J connectivity index is 1.67. The van der Waals surface area contributed by atoms with Gasteiger partial charge >= 0.3 is 5.09 Å². The minimum Gasteiger partial charge on any atom is -0.493 e. The first kappa shape index (κ1) is 30.5. The van der Waals surface area contributed by atoms with Crippen LogP contribution in [0.5, 0.6) is 5.75 Å². The van der Waals surface area contributed by atoms with Crippen molar-refractivity contribution in [1.29, 1.82) is 0 Å². The molecule has 1 atom stereocenters. The fourth-order valence-electron chi connectivity index (χ4n) is 5.38. The monoisotopic (exact) mass is 592 g/mol. The Labute approximate surface area is 238 Å². The van der Waals surface area contributed by atoms with Gasteiger partial charge in [0.05, 0.1) is 22.6 Å². The van der Waals surface area contributed by atoms with E-state index in [-0.39, 0.29) is 48.5 Å². The van der Waals surface area contributed by atoms with E-state index in [9.17, 15) is 23.2 Å². The summed E-state index contributed by atoms with van der Waals surface area (Å²) in [5.74, 6) is 0.145. The summed E-state index contributed by atoms with van der Waals surface area (Å²) in [6, 6.07) is 4.58. The third-order valence-electron chi connectivity index (χ3n) is 7.53. The number of nitrogens with zero attached hydrogens (tertiary/aromatic N) is 4. The zero-order chi connectivity index (χ0) is 29.7. The molecule has 2 aromatic heterocycles. The van der Waals surface area contributed by atoms with Gasteiger partial charge in [-0.1, -0.05) is 20.3 Å². The Bertz CT molecular complexity index is 1540. The van der Waals surface area contributed by atoms with Gasteiger partial charge in [0.15, 0.2) is 6.61 Å². The van der Waals surface area contributed by atoms with Crippen LogP contribution >= 0.6 is 0 Å². The lowest BCUT2D eigenvalue weighted by atomic mass is 9.86. The van der Waals surface area contributed by atoms with E-state index >= 15 is 0 Å². The topological polar surface area (TPSA) is 167 Å². The van der Waals surface area contributed by atoms with Crippen LogP contribution in [0.2, 0.25) is 0 Å². The van der Waals surface area contributed by atoms with Crippen LogP contribution in [0.15, 0.2) is 34.1 Å². The molecule has 1 saturated heterocycles. The number of sulfonamides is 1. The minimum absolute atomic E-state index is 0.0451. The zero-order valence-corrected chi connectivity index (χ0v) is 24.4.